The first-order chi connectivity index (χ1) is 11.6. The second-order valence-electron chi connectivity index (χ2n) is 6.97. The number of benzene rings is 1. The summed E-state index contributed by atoms with van der Waals surface area (Å²) in [6.07, 6.45) is 7.79. The first kappa shape index (κ1) is 18.5. The molecule has 2 aliphatic rings. The monoisotopic (exact) mass is 332 g/mol. The van der Waals surface area contributed by atoms with Gasteiger partial charge in [0.2, 0.25) is 0 Å². The van der Waals surface area contributed by atoms with Crippen LogP contribution in [0.2, 0.25) is 0 Å². The van der Waals surface area contributed by atoms with Crippen molar-refractivity contribution in [3.63, 3.8) is 0 Å². The number of carboxylic acid groups (broad SMARTS) is 2. The summed E-state index contributed by atoms with van der Waals surface area (Å²) in [4.78, 5) is 23.3. The van der Waals surface area contributed by atoms with Crippen LogP contribution in [0.4, 0.5) is 0 Å². The molecule has 2 N–H and O–H groups in total. The lowest BCUT2D eigenvalue weighted by Crippen LogP contribution is -2.50. The molecule has 0 aliphatic heterocycles. The predicted molar refractivity (Wildman–Crippen MR) is 92.7 cm³/mol. The van der Waals surface area contributed by atoms with E-state index in [0.29, 0.717) is 12.8 Å². The molecule has 132 valence electrons. The zero-order valence-corrected chi connectivity index (χ0v) is 14.2. The molecular weight excluding hydrogens is 304 g/mol. The van der Waals surface area contributed by atoms with Gasteiger partial charge in [0.1, 0.15) is 0 Å². The highest BCUT2D eigenvalue weighted by atomic mass is 16.4. The van der Waals surface area contributed by atoms with Crippen molar-refractivity contribution in [3.05, 3.63) is 36.4 Å². The lowest BCUT2D eigenvalue weighted by molar-refractivity contribution is -0.173. The topological polar surface area (TPSA) is 74.6 Å². The molecule has 0 saturated heterocycles. The maximum atomic E-state index is 11.8. The van der Waals surface area contributed by atoms with Crippen LogP contribution in [0.25, 0.3) is 0 Å². The van der Waals surface area contributed by atoms with Crippen molar-refractivity contribution in [1.29, 1.82) is 0 Å². The van der Waals surface area contributed by atoms with E-state index in [9.17, 15) is 19.8 Å². The van der Waals surface area contributed by atoms with Gasteiger partial charge in [0.05, 0.1) is 11.3 Å². The molecule has 1 aromatic carbocycles. The van der Waals surface area contributed by atoms with Gasteiger partial charge in [0.15, 0.2) is 0 Å². The van der Waals surface area contributed by atoms with Gasteiger partial charge in [0, 0.05) is 0 Å². The third-order valence-electron chi connectivity index (χ3n) is 5.65. The highest BCUT2D eigenvalue weighted by Crippen LogP contribution is 2.51. The maximum Gasteiger partial charge on any atom is 0.310 e. The van der Waals surface area contributed by atoms with Gasteiger partial charge >= 0.3 is 11.9 Å². The second kappa shape index (κ2) is 8.86. The van der Waals surface area contributed by atoms with Gasteiger partial charge < -0.3 is 10.2 Å². The van der Waals surface area contributed by atoms with Crippen LogP contribution in [0.3, 0.4) is 0 Å². The summed E-state index contributed by atoms with van der Waals surface area (Å²) in [5, 5.41) is 19.1. The first-order valence-electron chi connectivity index (χ1n) is 9.05. The van der Waals surface area contributed by atoms with Gasteiger partial charge in [-0.25, -0.2) is 0 Å². The molecule has 4 nitrogen and oxygen atoms in total. The summed E-state index contributed by atoms with van der Waals surface area (Å²) in [6.45, 7) is 0. The molecule has 3 rings (SSSR count). The minimum atomic E-state index is -0.996. The van der Waals surface area contributed by atoms with Crippen molar-refractivity contribution in [3.8, 4) is 0 Å². The number of rotatable bonds is 3. The molecule has 1 aromatic rings. The van der Waals surface area contributed by atoms with Crippen LogP contribution in [0.15, 0.2) is 36.4 Å². The standard InChI is InChI=1S/C14H22O4.C6H6/c15-12(16)11-8-4-5-9-14(11,13(17)18)10-6-2-1-3-7-10;1-2-4-6-5-3-1/h10-11H,1-9H2,(H,15,16)(H,17,18);1-6H. The molecule has 0 aromatic heterocycles. The molecule has 0 radical (unpaired) electrons. The Morgan fingerprint density at radius 2 is 1.25 bits per heavy atom. The summed E-state index contributed by atoms with van der Waals surface area (Å²) in [5.41, 5.74) is -0.996. The van der Waals surface area contributed by atoms with Crippen LogP contribution in [-0.2, 0) is 9.59 Å². The SMILES string of the molecule is O=C(O)C1CCCCC1(C(=O)O)C1CCCCC1.c1ccccc1. The number of hydrogen-bond acceptors (Lipinski definition) is 2. The number of aliphatic carboxylic acids is 2. The molecular formula is C20H28O4. The molecule has 4 heteroatoms. The average molecular weight is 332 g/mol. The van der Waals surface area contributed by atoms with Gasteiger partial charge in [-0.15, -0.1) is 0 Å². The van der Waals surface area contributed by atoms with Crippen molar-refractivity contribution < 1.29 is 19.8 Å². The highest BCUT2D eigenvalue weighted by molar-refractivity contribution is 5.84. The number of hydrogen-bond donors (Lipinski definition) is 2. The van der Waals surface area contributed by atoms with Gasteiger partial charge in [0.25, 0.3) is 0 Å². The van der Waals surface area contributed by atoms with E-state index in [1.165, 1.54) is 0 Å². The second-order valence-corrected chi connectivity index (χ2v) is 6.97. The average Bonchev–Trinajstić information content (AvgIpc) is 2.64. The van der Waals surface area contributed by atoms with Gasteiger partial charge in [-0.3, -0.25) is 9.59 Å². The van der Waals surface area contributed by atoms with Gasteiger partial charge in [-0.1, -0.05) is 68.5 Å². The molecule has 2 fully saturated rings. The summed E-state index contributed by atoms with van der Waals surface area (Å²) in [5.74, 6) is -2.42. The highest BCUT2D eigenvalue weighted by Gasteiger charge is 2.55. The molecule has 2 unspecified atom stereocenters. The Kier molecular flexibility index (Phi) is 6.83. The third-order valence-corrected chi connectivity index (χ3v) is 5.65. The van der Waals surface area contributed by atoms with E-state index < -0.39 is 23.3 Å². The largest absolute Gasteiger partial charge is 0.481 e. The normalized spacial score (nSPS) is 27.6. The maximum absolute atomic E-state index is 11.8. The van der Waals surface area contributed by atoms with Crippen LogP contribution in [0.1, 0.15) is 57.8 Å². The van der Waals surface area contributed by atoms with E-state index in [1.54, 1.807) is 0 Å². The van der Waals surface area contributed by atoms with Crippen molar-refractivity contribution >= 4 is 11.9 Å². The van der Waals surface area contributed by atoms with Crippen molar-refractivity contribution in [1.82, 2.24) is 0 Å². The lowest BCUT2D eigenvalue weighted by atomic mass is 9.56. The first-order valence-corrected chi connectivity index (χ1v) is 9.05. The fourth-order valence-corrected chi connectivity index (χ4v) is 4.46. The molecule has 0 heterocycles. The van der Waals surface area contributed by atoms with E-state index in [-0.39, 0.29) is 5.92 Å². The summed E-state index contributed by atoms with van der Waals surface area (Å²) in [6, 6.07) is 12.0. The minimum absolute atomic E-state index is 0.0603. The van der Waals surface area contributed by atoms with E-state index in [0.717, 1.165) is 44.9 Å². The zero-order chi connectivity index (χ0) is 17.4. The Hall–Kier alpha value is -1.84. The van der Waals surface area contributed by atoms with Crippen molar-refractivity contribution in [2.45, 2.75) is 57.8 Å². The molecule has 2 atom stereocenters. The van der Waals surface area contributed by atoms with Gasteiger partial charge in [-0.05, 0) is 31.6 Å². The van der Waals surface area contributed by atoms with Crippen molar-refractivity contribution in [2.75, 3.05) is 0 Å². The van der Waals surface area contributed by atoms with E-state index in [1.807, 2.05) is 36.4 Å². The molecule has 2 saturated carbocycles. The zero-order valence-electron chi connectivity index (χ0n) is 14.2. The van der Waals surface area contributed by atoms with E-state index >= 15 is 0 Å². The quantitative estimate of drug-likeness (QED) is 0.848. The Labute approximate surface area is 143 Å². The van der Waals surface area contributed by atoms with Crippen LogP contribution in [-0.4, -0.2) is 22.2 Å². The summed E-state index contributed by atoms with van der Waals surface area (Å²) < 4.78 is 0. The minimum Gasteiger partial charge on any atom is -0.481 e. The molecule has 0 spiro atoms. The number of carboxylic acids is 2. The molecule has 2 aliphatic carbocycles. The third kappa shape index (κ3) is 4.16. The van der Waals surface area contributed by atoms with Crippen LogP contribution >= 0.6 is 0 Å². The Balaban J connectivity index is 0.000000292. The van der Waals surface area contributed by atoms with Crippen molar-refractivity contribution in [2.24, 2.45) is 17.3 Å². The van der Waals surface area contributed by atoms with Crippen LogP contribution in [0.5, 0.6) is 0 Å². The Morgan fingerprint density at radius 1 is 0.750 bits per heavy atom. The summed E-state index contributed by atoms with van der Waals surface area (Å²) >= 11 is 0. The Morgan fingerprint density at radius 3 is 1.71 bits per heavy atom. The molecule has 24 heavy (non-hydrogen) atoms. The predicted octanol–water partition coefficient (Wildman–Crippen LogP) is 4.60. The van der Waals surface area contributed by atoms with E-state index in [2.05, 4.69) is 0 Å². The van der Waals surface area contributed by atoms with Crippen LogP contribution in [0, 0.1) is 17.3 Å². The smallest absolute Gasteiger partial charge is 0.310 e. The van der Waals surface area contributed by atoms with Gasteiger partial charge in [-0.2, -0.15) is 0 Å². The number of carbonyl (C=O) groups is 2. The van der Waals surface area contributed by atoms with Crippen LogP contribution < -0.4 is 0 Å². The Bertz CT molecular complexity index is 495. The molecule has 0 bridgehead atoms. The summed E-state index contributed by atoms with van der Waals surface area (Å²) in [7, 11) is 0. The lowest BCUT2D eigenvalue weighted by Gasteiger charge is -2.45. The fourth-order valence-electron chi connectivity index (χ4n) is 4.46. The fraction of sp³-hybridized carbons (Fsp3) is 0.600. The molecule has 0 amide bonds. The van der Waals surface area contributed by atoms with E-state index in [4.69, 9.17) is 0 Å².